The van der Waals surface area contributed by atoms with Gasteiger partial charge in [-0.15, -0.1) is 0 Å². The highest BCUT2D eigenvalue weighted by molar-refractivity contribution is 5.63. The van der Waals surface area contributed by atoms with Crippen LogP contribution in [-0.4, -0.2) is 23.2 Å². The van der Waals surface area contributed by atoms with Crippen LogP contribution in [-0.2, 0) is 6.18 Å². The molecule has 0 amide bonds. The van der Waals surface area contributed by atoms with Gasteiger partial charge in [-0.05, 0) is 60.9 Å². The van der Waals surface area contributed by atoms with Crippen LogP contribution in [0.2, 0.25) is 0 Å². The second-order valence-electron chi connectivity index (χ2n) is 8.51. The molecule has 0 bridgehead atoms. The van der Waals surface area contributed by atoms with Crippen molar-refractivity contribution >= 4 is 23.1 Å². The molecule has 0 unspecified atom stereocenters. The Kier molecular flexibility index (Phi) is 9.17. The first kappa shape index (κ1) is 26.1. The second kappa shape index (κ2) is 12.3. The fourth-order valence-electron chi connectivity index (χ4n) is 3.08. The zero-order valence-electron chi connectivity index (χ0n) is 20.2. The fourth-order valence-corrected chi connectivity index (χ4v) is 3.08. The van der Waals surface area contributed by atoms with Gasteiger partial charge in [-0.25, -0.2) is 4.98 Å². The molecule has 1 heterocycles. The van der Waals surface area contributed by atoms with E-state index in [1.807, 2.05) is 13.8 Å². The molecule has 0 spiro atoms. The number of halogens is 3. The molecule has 3 aromatic rings. The summed E-state index contributed by atoms with van der Waals surface area (Å²) in [5.41, 5.74) is 0.115. The number of unbranched alkanes of at least 4 members (excludes halogenated alkanes) is 2. The lowest BCUT2D eigenvalue weighted by molar-refractivity contribution is -0.137. The Labute approximate surface area is 203 Å². The Morgan fingerprint density at radius 1 is 0.857 bits per heavy atom. The highest BCUT2D eigenvalue weighted by atomic mass is 19.4. The SMILES string of the molecule is CCCCCOc1ccc(Nc2ncc(C(F)(F)F)c(Nc3ccc(OCC(C)C)cc3)n2)cc1. The Morgan fingerprint density at radius 3 is 2.03 bits per heavy atom. The van der Waals surface area contributed by atoms with Crippen LogP contribution >= 0.6 is 0 Å². The molecule has 0 saturated heterocycles. The maximum Gasteiger partial charge on any atom is 0.421 e. The Morgan fingerprint density at radius 2 is 1.46 bits per heavy atom. The van der Waals surface area contributed by atoms with Gasteiger partial charge >= 0.3 is 6.18 Å². The Balaban J connectivity index is 1.72. The molecule has 0 saturated carbocycles. The van der Waals surface area contributed by atoms with E-state index >= 15 is 0 Å². The third-order valence-electron chi connectivity index (χ3n) is 4.92. The van der Waals surface area contributed by atoms with Crippen LogP contribution in [0.25, 0.3) is 0 Å². The number of alkyl halides is 3. The fraction of sp³-hybridized carbons (Fsp3) is 0.385. The van der Waals surface area contributed by atoms with E-state index in [-0.39, 0.29) is 11.8 Å². The van der Waals surface area contributed by atoms with Crippen molar-refractivity contribution in [3.8, 4) is 11.5 Å². The van der Waals surface area contributed by atoms with E-state index in [4.69, 9.17) is 9.47 Å². The molecule has 6 nitrogen and oxygen atoms in total. The van der Waals surface area contributed by atoms with Gasteiger partial charge in [0.1, 0.15) is 22.9 Å². The van der Waals surface area contributed by atoms with Crippen molar-refractivity contribution in [3.05, 3.63) is 60.3 Å². The van der Waals surface area contributed by atoms with Crippen molar-refractivity contribution in [1.29, 1.82) is 0 Å². The first-order valence-electron chi connectivity index (χ1n) is 11.7. The molecule has 35 heavy (non-hydrogen) atoms. The summed E-state index contributed by atoms with van der Waals surface area (Å²) in [5.74, 6) is 1.42. The Bertz CT molecular complexity index is 1060. The number of hydrogen-bond acceptors (Lipinski definition) is 6. The van der Waals surface area contributed by atoms with Gasteiger partial charge in [0.15, 0.2) is 0 Å². The van der Waals surface area contributed by atoms with Crippen LogP contribution in [0.4, 0.5) is 36.3 Å². The number of hydrogen-bond donors (Lipinski definition) is 2. The van der Waals surface area contributed by atoms with Crippen molar-refractivity contribution in [1.82, 2.24) is 9.97 Å². The highest BCUT2D eigenvalue weighted by Crippen LogP contribution is 2.35. The number of anilines is 4. The van der Waals surface area contributed by atoms with E-state index in [9.17, 15) is 13.2 Å². The van der Waals surface area contributed by atoms with Crippen molar-refractivity contribution < 1.29 is 22.6 Å². The number of nitrogens with one attached hydrogen (secondary N) is 2. The summed E-state index contributed by atoms with van der Waals surface area (Å²) in [4.78, 5) is 7.94. The van der Waals surface area contributed by atoms with E-state index < -0.39 is 11.7 Å². The average molecular weight is 489 g/mol. The smallest absolute Gasteiger partial charge is 0.421 e. The van der Waals surface area contributed by atoms with Gasteiger partial charge in [0, 0.05) is 17.6 Å². The third kappa shape index (κ3) is 8.35. The lowest BCUT2D eigenvalue weighted by Crippen LogP contribution is -2.12. The quantitative estimate of drug-likeness (QED) is 0.256. The van der Waals surface area contributed by atoms with Gasteiger partial charge in [-0.2, -0.15) is 18.2 Å². The van der Waals surface area contributed by atoms with E-state index in [0.717, 1.165) is 31.2 Å². The summed E-state index contributed by atoms with van der Waals surface area (Å²) in [6, 6.07) is 13.8. The Hall–Kier alpha value is -3.49. The van der Waals surface area contributed by atoms with Gasteiger partial charge in [0.05, 0.1) is 13.2 Å². The molecule has 0 aliphatic carbocycles. The first-order chi connectivity index (χ1) is 16.7. The zero-order chi connectivity index (χ0) is 25.3. The minimum absolute atomic E-state index is 0.0361. The molecule has 0 fully saturated rings. The van der Waals surface area contributed by atoms with E-state index in [2.05, 4.69) is 27.5 Å². The summed E-state index contributed by atoms with van der Waals surface area (Å²) >= 11 is 0. The monoisotopic (exact) mass is 488 g/mol. The molecule has 0 atom stereocenters. The van der Waals surface area contributed by atoms with Crippen LogP contribution in [0.3, 0.4) is 0 Å². The summed E-state index contributed by atoms with van der Waals surface area (Å²) in [6.07, 6.45) is -0.633. The molecule has 1 aromatic heterocycles. The van der Waals surface area contributed by atoms with Crippen molar-refractivity contribution in [2.75, 3.05) is 23.8 Å². The second-order valence-corrected chi connectivity index (χ2v) is 8.51. The molecule has 3 rings (SSSR count). The standard InChI is InChI=1S/C26H31F3N4O2/c1-4-5-6-15-34-21-11-9-20(10-12-21)32-25-30-16-23(26(27,28)29)24(33-25)31-19-7-13-22(14-8-19)35-17-18(2)3/h7-14,16,18H,4-6,15,17H2,1-3H3,(H2,30,31,32,33). The minimum Gasteiger partial charge on any atom is -0.494 e. The van der Waals surface area contributed by atoms with Crippen molar-refractivity contribution in [2.24, 2.45) is 5.92 Å². The summed E-state index contributed by atoms with van der Waals surface area (Å²) < 4.78 is 52.0. The topological polar surface area (TPSA) is 68.3 Å². The molecular weight excluding hydrogens is 457 g/mol. The predicted molar refractivity (Wildman–Crippen MR) is 132 cm³/mol. The number of rotatable bonds is 12. The summed E-state index contributed by atoms with van der Waals surface area (Å²) in [5, 5.41) is 5.70. The number of benzene rings is 2. The maximum absolute atomic E-state index is 13.6. The van der Waals surface area contributed by atoms with Gasteiger partial charge < -0.3 is 20.1 Å². The normalized spacial score (nSPS) is 11.4. The largest absolute Gasteiger partial charge is 0.494 e. The van der Waals surface area contributed by atoms with Gasteiger partial charge in [-0.3, -0.25) is 0 Å². The molecule has 2 N–H and O–H groups in total. The van der Waals surface area contributed by atoms with Crippen LogP contribution < -0.4 is 20.1 Å². The van der Waals surface area contributed by atoms with Gasteiger partial charge in [0.2, 0.25) is 5.95 Å². The van der Waals surface area contributed by atoms with Crippen molar-refractivity contribution in [2.45, 2.75) is 46.2 Å². The maximum atomic E-state index is 13.6. The highest BCUT2D eigenvalue weighted by Gasteiger charge is 2.35. The lowest BCUT2D eigenvalue weighted by Gasteiger charge is -2.15. The molecule has 0 radical (unpaired) electrons. The summed E-state index contributed by atoms with van der Waals surface area (Å²) in [7, 11) is 0. The molecule has 2 aromatic carbocycles. The van der Waals surface area contributed by atoms with Gasteiger partial charge in [-0.1, -0.05) is 33.6 Å². The number of nitrogens with zero attached hydrogens (tertiary/aromatic N) is 2. The van der Waals surface area contributed by atoms with Crippen LogP contribution in [0, 0.1) is 5.92 Å². The van der Waals surface area contributed by atoms with Crippen LogP contribution in [0.5, 0.6) is 11.5 Å². The summed E-state index contributed by atoms with van der Waals surface area (Å²) in [6.45, 7) is 7.39. The minimum atomic E-state index is -4.61. The third-order valence-corrected chi connectivity index (χ3v) is 4.92. The molecule has 0 aliphatic heterocycles. The molecule has 188 valence electrons. The molecule has 9 heteroatoms. The van der Waals surface area contributed by atoms with E-state index in [1.54, 1.807) is 48.5 Å². The molecule has 0 aliphatic rings. The van der Waals surface area contributed by atoms with Gasteiger partial charge in [0.25, 0.3) is 0 Å². The lowest BCUT2D eigenvalue weighted by atomic mass is 10.2. The average Bonchev–Trinajstić information content (AvgIpc) is 2.82. The predicted octanol–water partition coefficient (Wildman–Crippen LogP) is 7.59. The van der Waals surface area contributed by atoms with E-state index in [1.165, 1.54) is 0 Å². The van der Waals surface area contributed by atoms with Crippen molar-refractivity contribution in [3.63, 3.8) is 0 Å². The number of aromatic nitrogens is 2. The zero-order valence-corrected chi connectivity index (χ0v) is 20.2. The molecular formula is C26H31F3N4O2. The number of ether oxygens (including phenoxy) is 2. The van der Waals surface area contributed by atoms with E-state index in [0.29, 0.717) is 36.3 Å². The van der Waals surface area contributed by atoms with Crippen LogP contribution in [0.15, 0.2) is 54.7 Å². The first-order valence-corrected chi connectivity index (χ1v) is 11.7. The van der Waals surface area contributed by atoms with Crippen LogP contribution in [0.1, 0.15) is 45.6 Å².